The zero-order chi connectivity index (χ0) is 23.9. The van der Waals surface area contributed by atoms with E-state index in [1.165, 1.54) is 45.3 Å². The number of carbonyl (C=O) groups excluding carboxylic acids is 1. The number of amides is 1. The summed E-state index contributed by atoms with van der Waals surface area (Å²) in [4.78, 5) is 29.3. The Kier molecular flexibility index (Phi) is 8.06. The van der Waals surface area contributed by atoms with Crippen molar-refractivity contribution in [2.75, 3.05) is 50.1 Å². The largest absolute Gasteiger partial charge is 0.497 e. The first-order chi connectivity index (χ1) is 16.5. The highest BCUT2D eigenvalue weighted by Crippen LogP contribution is 2.32. The van der Waals surface area contributed by atoms with Crippen molar-refractivity contribution in [1.29, 1.82) is 0 Å². The molecule has 2 aliphatic rings. The molecule has 4 rings (SSSR count). The number of nitrogens with zero attached hydrogens (tertiary/aromatic N) is 2. The molecule has 7 heteroatoms. The van der Waals surface area contributed by atoms with Crippen molar-refractivity contribution in [3.63, 3.8) is 0 Å². The highest BCUT2D eigenvalue weighted by atomic mass is 16.5. The first-order valence-corrected chi connectivity index (χ1v) is 12.3. The molecular formula is C27H35N3O4. The van der Waals surface area contributed by atoms with E-state index in [1.807, 2.05) is 6.07 Å². The Hall–Kier alpha value is -3.06. The molecule has 0 spiro atoms. The van der Waals surface area contributed by atoms with E-state index in [2.05, 4.69) is 15.1 Å². The molecule has 2 heterocycles. The van der Waals surface area contributed by atoms with Gasteiger partial charge in [-0.15, -0.1) is 0 Å². The van der Waals surface area contributed by atoms with Crippen LogP contribution in [0, 0.1) is 5.92 Å². The zero-order valence-electron chi connectivity index (χ0n) is 20.0. The molecule has 34 heavy (non-hydrogen) atoms. The zero-order valence-corrected chi connectivity index (χ0v) is 20.0. The second-order valence-electron chi connectivity index (χ2n) is 9.34. The standard InChI is InChI=1S/C27H35N3O4/c1-34-23-8-5-21(6-9-23)26(31)28-24-19-22(27(32)33)7-10-25(24)30-17-12-20(13-18-30)11-16-29-14-3-2-4-15-29/h5-10,19-20H,2-4,11-18H2,1H3,(H,28,31)(H,32,33). The second kappa shape index (κ2) is 11.4. The number of benzene rings is 2. The van der Waals surface area contributed by atoms with Gasteiger partial charge in [0, 0.05) is 18.7 Å². The fourth-order valence-electron chi connectivity index (χ4n) is 4.99. The summed E-state index contributed by atoms with van der Waals surface area (Å²) < 4.78 is 5.16. The van der Waals surface area contributed by atoms with E-state index in [1.54, 1.807) is 43.5 Å². The monoisotopic (exact) mass is 465 g/mol. The Bertz CT molecular complexity index is 978. The van der Waals surface area contributed by atoms with E-state index in [0.29, 0.717) is 22.9 Å². The molecule has 0 aliphatic carbocycles. The van der Waals surface area contributed by atoms with Crippen LogP contribution in [0.25, 0.3) is 0 Å². The van der Waals surface area contributed by atoms with Gasteiger partial charge < -0.3 is 25.0 Å². The topological polar surface area (TPSA) is 82.1 Å². The fraction of sp³-hybridized carbons (Fsp3) is 0.481. The molecule has 2 N–H and O–H groups in total. The van der Waals surface area contributed by atoms with Gasteiger partial charge in [-0.3, -0.25) is 4.79 Å². The van der Waals surface area contributed by atoms with E-state index >= 15 is 0 Å². The smallest absolute Gasteiger partial charge is 0.335 e. The number of ether oxygens (including phenoxy) is 1. The number of likely N-dealkylation sites (tertiary alicyclic amines) is 1. The van der Waals surface area contributed by atoms with Crippen molar-refractivity contribution in [2.24, 2.45) is 5.92 Å². The van der Waals surface area contributed by atoms with Gasteiger partial charge in [-0.05, 0) is 100 Å². The van der Waals surface area contributed by atoms with Crippen LogP contribution >= 0.6 is 0 Å². The SMILES string of the molecule is COc1ccc(C(=O)Nc2cc(C(=O)O)ccc2N2CCC(CCN3CCCCC3)CC2)cc1. The Balaban J connectivity index is 1.41. The van der Waals surface area contributed by atoms with Crippen molar-refractivity contribution in [3.05, 3.63) is 53.6 Å². The normalized spacial score (nSPS) is 17.4. The van der Waals surface area contributed by atoms with Crippen LogP contribution in [0.2, 0.25) is 0 Å². The van der Waals surface area contributed by atoms with Crippen LogP contribution in [0.4, 0.5) is 11.4 Å². The van der Waals surface area contributed by atoms with Crippen LogP contribution in [0.3, 0.4) is 0 Å². The summed E-state index contributed by atoms with van der Waals surface area (Å²) >= 11 is 0. The summed E-state index contributed by atoms with van der Waals surface area (Å²) in [7, 11) is 1.58. The van der Waals surface area contributed by atoms with Crippen LogP contribution < -0.4 is 15.0 Å². The minimum Gasteiger partial charge on any atom is -0.497 e. The summed E-state index contributed by atoms with van der Waals surface area (Å²) in [5.74, 6) is 0.104. The third-order valence-electron chi connectivity index (χ3n) is 7.10. The summed E-state index contributed by atoms with van der Waals surface area (Å²) in [6.07, 6.45) is 7.49. The van der Waals surface area contributed by atoms with Crippen molar-refractivity contribution < 1.29 is 19.4 Å². The lowest BCUT2D eigenvalue weighted by Gasteiger charge is -2.36. The Labute approximate surface area is 201 Å². The van der Waals surface area contributed by atoms with Gasteiger partial charge in [0.05, 0.1) is 24.0 Å². The van der Waals surface area contributed by atoms with Gasteiger partial charge in [-0.2, -0.15) is 0 Å². The molecule has 0 radical (unpaired) electrons. The predicted molar refractivity (Wildman–Crippen MR) is 134 cm³/mol. The third kappa shape index (κ3) is 6.08. The van der Waals surface area contributed by atoms with Crippen molar-refractivity contribution in [2.45, 2.75) is 38.5 Å². The number of nitrogens with one attached hydrogen (secondary N) is 1. The van der Waals surface area contributed by atoms with Gasteiger partial charge in [0.15, 0.2) is 0 Å². The van der Waals surface area contributed by atoms with Gasteiger partial charge in [-0.1, -0.05) is 6.42 Å². The Morgan fingerprint density at radius 3 is 2.29 bits per heavy atom. The molecule has 0 aromatic heterocycles. The molecule has 182 valence electrons. The summed E-state index contributed by atoms with van der Waals surface area (Å²) in [6, 6.07) is 11.9. The number of methoxy groups -OCH3 is 1. The van der Waals surface area contributed by atoms with E-state index in [9.17, 15) is 14.7 Å². The van der Waals surface area contributed by atoms with Gasteiger partial charge >= 0.3 is 5.97 Å². The van der Waals surface area contributed by atoms with Crippen LogP contribution in [-0.4, -0.2) is 61.7 Å². The molecule has 2 fully saturated rings. The number of hydrogen-bond acceptors (Lipinski definition) is 5. The average Bonchev–Trinajstić information content (AvgIpc) is 2.88. The molecule has 2 saturated heterocycles. The number of aromatic carboxylic acids is 1. The van der Waals surface area contributed by atoms with E-state index in [4.69, 9.17) is 4.74 Å². The van der Waals surface area contributed by atoms with Gasteiger partial charge in [0.2, 0.25) is 0 Å². The van der Waals surface area contributed by atoms with Crippen molar-refractivity contribution >= 4 is 23.3 Å². The van der Waals surface area contributed by atoms with Gasteiger partial charge in [0.25, 0.3) is 5.91 Å². The van der Waals surface area contributed by atoms with Crippen LogP contribution in [0.15, 0.2) is 42.5 Å². The highest BCUT2D eigenvalue weighted by molar-refractivity contribution is 6.06. The first-order valence-electron chi connectivity index (χ1n) is 12.3. The maximum Gasteiger partial charge on any atom is 0.335 e. The Morgan fingerprint density at radius 1 is 0.971 bits per heavy atom. The number of piperidine rings is 2. The first kappa shape index (κ1) is 24.1. The molecular weight excluding hydrogens is 430 g/mol. The van der Waals surface area contributed by atoms with E-state index < -0.39 is 5.97 Å². The number of carbonyl (C=O) groups is 2. The van der Waals surface area contributed by atoms with Crippen LogP contribution in [0.5, 0.6) is 5.75 Å². The molecule has 0 atom stereocenters. The third-order valence-corrected chi connectivity index (χ3v) is 7.10. The number of hydrogen-bond donors (Lipinski definition) is 2. The summed E-state index contributed by atoms with van der Waals surface area (Å²) in [5, 5.41) is 12.4. The molecule has 0 saturated carbocycles. The summed E-state index contributed by atoms with van der Waals surface area (Å²) in [5.41, 5.74) is 2.06. The Morgan fingerprint density at radius 2 is 1.65 bits per heavy atom. The number of rotatable bonds is 8. The lowest BCUT2D eigenvalue weighted by Crippen LogP contribution is -2.36. The minimum atomic E-state index is -1.01. The van der Waals surface area contributed by atoms with Gasteiger partial charge in [-0.25, -0.2) is 4.79 Å². The van der Waals surface area contributed by atoms with Crippen molar-refractivity contribution in [3.8, 4) is 5.75 Å². The molecule has 1 amide bonds. The van der Waals surface area contributed by atoms with Crippen molar-refractivity contribution in [1.82, 2.24) is 4.90 Å². The van der Waals surface area contributed by atoms with Gasteiger partial charge in [0.1, 0.15) is 5.75 Å². The minimum absolute atomic E-state index is 0.158. The lowest BCUT2D eigenvalue weighted by molar-refractivity contribution is 0.0696. The lowest BCUT2D eigenvalue weighted by atomic mass is 9.92. The van der Waals surface area contributed by atoms with Crippen LogP contribution in [0.1, 0.15) is 59.2 Å². The maximum atomic E-state index is 12.9. The quantitative estimate of drug-likeness (QED) is 0.586. The second-order valence-corrected chi connectivity index (χ2v) is 9.34. The predicted octanol–water partition coefficient (Wildman–Crippen LogP) is 4.74. The highest BCUT2D eigenvalue weighted by Gasteiger charge is 2.23. The number of carboxylic acids is 1. The molecule has 0 bridgehead atoms. The van der Waals surface area contributed by atoms with Crippen LogP contribution in [-0.2, 0) is 0 Å². The molecule has 0 unspecified atom stereocenters. The molecule has 7 nitrogen and oxygen atoms in total. The number of anilines is 2. The number of carboxylic acid groups (broad SMARTS) is 1. The van der Waals surface area contributed by atoms with E-state index in [0.717, 1.165) is 31.6 Å². The maximum absolute atomic E-state index is 12.9. The fourth-order valence-corrected chi connectivity index (χ4v) is 4.99. The molecule has 2 aliphatic heterocycles. The summed E-state index contributed by atoms with van der Waals surface area (Å²) in [6.45, 7) is 5.49. The molecule has 2 aromatic rings. The molecule has 2 aromatic carbocycles. The average molecular weight is 466 g/mol. The van der Waals surface area contributed by atoms with E-state index in [-0.39, 0.29) is 11.5 Å².